The second-order valence-electron chi connectivity index (χ2n) is 4.14. The Kier molecular flexibility index (Phi) is 6.12. The first kappa shape index (κ1) is 16.9. The molecule has 0 radical (unpaired) electrons. The minimum atomic E-state index is -1.53. The maximum Gasteiger partial charge on any atom is 0.407 e. The topological polar surface area (TPSA) is 120 Å². The number of carbonyl (C=O) groups excluding carboxylic acids is 3. The molecule has 0 saturated carbocycles. The van der Waals surface area contributed by atoms with Gasteiger partial charge in [0.25, 0.3) is 0 Å². The van der Waals surface area contributed by atoms with Crippen LogP contribution < -0.4 is 5.32 Å². The van der Waals surface area contributed by atoms with Crippen molar-refractivity contribution in [1.29, 1.82) is 0 Å². The number of nitrogens with one attached hydrogen (secondary N) is 1. The number of aliphatic hydroxyl groups excluding tert-OH is 1. The summed E-state index contributed by atoms with van der Waals surface area (Å²) >= 11 is 0. The van der Waals surface area contributed by atoms with E-state index in [1.165, 1.54) is 6.08 Å². The SMILES string of the molecule is C=CCOC(=O)NC1C(OC(C)=O)[C@@H](OC(C)=O)O[C@H]1O. The molecule has 0 aromatic rings. The highest BCUT2D eigenvalue weighted by molar-refractivity contribution is 5.69. The van der Waals surface area contributed by atoms with Gasteiger partial charge < -0.3 is 29.4 Å². The summed E-state index contributed by atoms with van der Waals surface area (Å²) < 4.78 is 19.3. The maximum atomic E-state index is 11.5. The molecule has 1 saturated heterocycles. The first-order chi connectivity index (χ1) is 9.85. The van der Waals surface area contributed by atoms with Crippen LogP contribution in [-0.4, -0.2) is 54.5 Å². The van der Waals surface area contributed by atoms with E-state index in [4.69, 9.17) is 14.2 Å². The lowest BCUT2D eigenvalue weighted by atomic mass is 10.2. The normalized spacial score (nSPS) is 27.6. The van der Waals surface area contributed by atoms with E-state index in [-0.39, 0.29) is 6.61 Å². The molecule has 2 N–H and O–H groups in total. The molecule has 1 amide bonds. The lowest BCUT2D eigenvalue weighted by molar-refractivity contribution is -0.210. The molecule has 2 unspecified atom stereocenters. The van der Waals surface area contributed by atoms with Gasteiger partial charge >= 0.3 is 18.0 Å². The fourth-order valence-electron chi connectivity index (χ4n) is 1.68. The third-order valence-corrected chi connectivity index (χ3v) is 2.40. The summed E-state index contributed by atoms with van der Waals surface area (Å²) in [6, 6.07) is -1.14. The predicted molar refractivity (Wildman–Crippen MR) is 66.7 cm³/mol. The number of carbonyl (C=O) groups is 3. The number of rotatable bonds is 5. The van der Waals surface area contributed by atoms with E-state index in [0.29, 0.717) is 0 Å². The van der Waals surface area contributed by atoms with Gasteiger partial charge in [0.1, 0.15) is 12.6 Å². The molecule has 1 aliphatic heterocycles. The Morgan fingerprint density at radius 3 is 2.43 bits per heavy atom. The number of hydrogen-bond acceptors (Lipinski definition) is 8. The number of hydrogen-bond donors (Lipinski definition) is 2. The second-order valence-corrected chi connectivity index (χ2v) is 4.14. The molecule has 9 nitrogen and oxygen atoms in total. The van der Waals surface area contributed by atoms with Crippen molar-refractivity contribution in [2.45, 2.75) is 38.6 Å². The summed E-state index contributed by atoms with van der Waals surface area (Å²) in [5, 5.41) is 12.0. The van der Waals surface area contributed by atoms with Gasteiger partial charge in [0, 0.05) is 13.8 Å². The van der Waals surface area contributed by atoms with Crippen molar-refractivity contribution in [3.8, 4) is 0 Å². The minimum Gasteiger partial charge on any atom is -0.453 e. The number of esters is 2. The van der Waals surface area contributed by atoms with Gasteiger partial charge in [0.15, 0.2) is 12.4 Å². The van der Waals surface area contributed by atoms with Crippen molar-refractivity contribution in [3.63, 3.8) is 0 Å². The van der Waals surface area contributed by atoms with Gasteiger partial charge in [-0.05, 0) is 0 Å². The van der Waals surface area contributed by atoms with Crippen molar-refractivity contribution in [1.82, 2.24) is 5.32 Å². The van der Waals surface area contributed by atoms with Crippen LogP contribution in [0.15, 0.2) is 12.7 Å². The maximum absolute atomic E-state index is 11.5. The summed E-state index contributed by atoms with van der Waals surface area (Å²) in [6.45, 7) is 5.58. The quantitative estimate of drug-likeness (QED) is 0.394. The Balaban J connectivity index is 2.77. The van der Waals surface area contributed by atoms with E-state index in [1.54, 1.807) is 0 Å². The van der Waals surface area contributed by atoms with E-state index >= 15 is 0 Å². The van der Waals surface area contributed by atoms with E-state index in [2.05, 4.69) is 16.6 Å². The number of alkyl carbamates (subject to hydrolysis) is 1. The Hall–Kier alpha value is -2.13. The van der Waals surface area contributed by atoms with Gasteiger partial charge in [-0.15, -0.1) is 0 Å². The largest absolute Gasteiger partial charge is 0.453 e. The van der Waals surface area contributed by atoms with Crippen molar-refractivity contribution in [2.24, 2.45) is 0 Å². The summed E-state index contributed by atoms with van der Waals surface area (Å²) in [5.74, 6) is -1.39. The summed E-state index contributed by atoms with van der Waals surface area (Å²) in [7, 11) is 0. The zero-order valence-corrected chi connectivity index (χ0v) is 11.6. The van der Waals surface area contributed by atoms with Crippen molar-refractivity contribution in [3.05, 3.63) is 12.7 Å². The van der Waals surface area contributed by atoms with Crippen LogP contribution in [-0.2, 0) is 28.5 Å². The van der Waals surface area contributed by atoms with Crippen LogP contribution >= 0.6 is 0 Å². The van der Waals surface area contributed by atoms with Crippen molar-refractivity contribution >= 4 is 18.0 Å². The Morgan fingerprint density at radius 1 is 1.29 bits per heavy atom. The minimum absolute atomic E-state index is 0.0406. The van der Waals surface area contributed by atoms with Gasteiger partial charge in [0.05, 0.1) is 0 Å². The monoisotopic (exact) mass is 303 g/mol. The Morgan fingerprint density at radius 2 is 1.90 bits per heavy atom. The van der Waals surface area contributed by atoms with Crippen LogP contribution in [0.4, 0.5) is 4.79 Å². The molecular formula is C12H17NO8. The fourth-order valence-corrected chi connectivity index (χ4v) is 1.68. The van der Waals surface area contributed by atoms with Crippen molar-refractivity contribution in [2.75, 3.05) is 6.61 Å². The first-order valence-electron chi connectivity index (χ1n) is 6.07. The summed E-state index contributed by atoms with van der Waals surface area (Å²) in [4.78, 5) is 33.5. The molecule has 0 aromatic heterocycles. The molecule has 0 bridgehead atoms. The summed E-state index contributed by atoms with van der Waals surface area (Å²) in [5.41, 5.74) is 0. The molecule has 118 valence electrons. The molecule has 21 heavy (non-hydrogen) atoms. The van der Waals surface area contributed by atoms with Crippen LogP contribution in [0.1, 0.15) is 13.8 Å². The molecule has 1 aliphatic rings. The van der Waals surface area contributed by atoms with E-state index < -0.39 is 42.8 Å². The molecule has 0 aliphatic carbocycles. The Labute approximate surface area is 120 Å². The number of amides is 1. The average Bonchev–Trinajstić information content (AvgIpc) is 2.63. The summed E-state index contributed by atoms with van der Waals surface area (Å²) in [6.07, 6.45) is -3.58. The third-order valence-electron chi connectivity index (χ3n) is 2.40. The predicted octanol–water partition coefficient (Wildman–Crippen LogP) is -0.563. The first-order valence-corrected chi connectivity index (χ1v) is 6.07. The molecule has 4 atom stereocenters. The van der Waals surface area contributed by atoms with Crippen LogP contribution in [0.25, 0.3) is 0 Å². The average molecular weight is 303 g/mol. The third kappa shape index (κ3) is 5.04. The highest BCUT2D eigenvalue weighted by Gasteiger charge is 2.49. The molecule has 0 spiro atoms. The number of aliphatic hydroxyl groups is 1. The van der Waals surface area contributed by atoms with Crippen LogP contribution in [0, 0.1) is 0 Å². The number of ether oxygens (including phenoxy) is 4. The van der Waals surface area contributed by atoms with E-state index in [0.717, 1.165) is 13.8 Å². The van der Waals surface area contributed by atoms with Gasteiger partial charge in [-0.2, -0.15) is 0 Å². The smallest absolute Gasteiger partial charge is 0.407 e. The second kappa shape index (κ2) is 7.60. The van der Waals surface area contributed by atoms with Crippen LogP contribution in [0.3, 0.4) is 0 Å². The molecule has 0 aromatic carbocycles. The standard InChI is InChI=1S/C12H17NO8/c1-4-5-18-12(17)13-8-9(19-6(2)14)11(20-7(3)15)21-10(8)16/h4,8-11,16H,1,5H2,2-3H3,(H,13,17)/t8?,9?,10-,11+/m1/s1. The van der Waals surface area contributed by atoms with Crippen LogP contribution in [0.5, 0.6) is 0 Å². The van der Waals surface area contributed by atoms with Crippen molar-refractivity contribution < 1.29 is 38.4 Å². The van der Waals surface area contributed by atoms with Crippen LogP contribution in [0.2, 0.25) is 0 Å². The van der Waals surface area contributed by atoms with Gasteiger partial charge in [-0.1, -0.05) is 12.7 Å². The Bertz CT molecular complexity index is 423. The molecule has 1 fully saturated rings. The highest BCUT2D eigenvalue weighted by atomic mass is 16.8. The molecular weight excluding hydrogens is 286 g/mol. The highest BCUT2D eigenvalue weighted by Crippen LogP contribution is 2.24. The lowest BCUT2D eigenvalue weighted by Gasteiger charge is -2.22. The zero-order valence-electron chi connectivity index (χ0n) is 11.6. The molecule has 1 rings (SSSR count). The molecule has 1 heterocycles. The lowest BCUT2D eigenvalue weighted by Crippen LogP contribution is -2.49. The zero-order chi connectivity index (χ0) is 16.0. The van der Waals surface area contributed by atoms with Gasteiger partial charge in [0.2, 0.25) is 6.29 Å². The van der Waals surface area contributed by atoms with Gasteiger partial charge in [-0.25, -0.2) is 4.79 Å². The molecule has 9 heteroatoms. The van der Waals surface area contributed by atoms with E-state index in [9.17, 15) is 19.5 Å². The van der Waals surface area contributed by atoms with Gasteiger partial charge in [-0.3, -0.25) is 9.59 Å². The van der Waals surface area contributed by atoms with E-state index in [1.807, 2.05) is 0 Å². The fraction of sp³-hybridized carbons (Fsp3) is 0.583.